The predicted octanol–water partition coefficient (Wildman–Crippen LogP) is -0.398. The first kappa shape index (κ1) is 15.4. The minimum atomic E-state index is -0.707. The molecule has 2 aliphatic rings. The number of methoxy groups -OCH3 is 1. The first-order chi connectivity index (χ1) is 11.0. The number of nitrogens with one attached hydrogen (secondary N) is 2. The van der Waals surface area contributed by atoms with E-state index < -0.39 is 11.9 Å². The Bertz CT molecular complexity index is 631. The maximum atomic E-state index is 12.4. The van der Waals surface area contributed by atoms with E-state index in [0.717, 1.165) is 0 Å². The molecule has 23 heavy (non-hydrogen) atoms. The molecule has 1 aliphatic heterocycles. The number of hydrogen-bond acceptors (Lipinski definition) is 6. The second-order valence-electron chi connectivity index (χ2n) is 5.56. The molecule has 0 spiro atoms. The number of rotatable bonds is 4. The Morgan fingerprint density at radius 1 is 1.17 bits per heavy atom. The normalized spacial score (nSPS) is 24.5. The van der Waals surface area contributed by atoms with Crippen molar-refractivity contribution < 1.29 is 23.9 Å². The Hall–Kier alpha value is -2.48. The summed E-state index contributed by atoms with van der Waals surface area (Å²) in [7, 11) is 2.65. The lowest BCUT2D eigenvalue weighted by Gasteiger charge is -2.10. The van der Waals surface area contributed by atoms with Crippen molar-refractivity contribution >= 4 is 17.8 Å². The van der Waals surface area contributed by atoms with Crippen molar-refractivity contribution in [3.05, 3.63) is 29.1 Å². The summed E-state index contributed by atoms with van der Waals surface area (Å²) in [5, 5.41) is 5.33. The van der Waals surface area contributed by atoms with Crippen LogP contribution in [0.4, 0.5) is 0 Å². The molecular formula is C15H17N3O5. The molecule has 0 aromatic carbocycles. The summed E-state index contributed by atoms with van der Waals surface area (Å²) in [6, 6.07) is 2.77. The van der Waals surface area contributed by atoms with Crippen LogP contribution in [0.2, 0.25) is 0 Å². The summed E-state index contributed by atoms with van der Waals surface area (Å²) in [5.41, 5.74) is 0.0999. The summed E-state index contributed by atoms with van der Waals surface area (Å²) in [6.45, 7) is 1.31. The molecule has 8 nitrogen and oxygen atoms in total. The van der Waals surface area contributed by atoms with Gasteiger partial charge in [0.05, 0.1) is 20.3 Å². The van der Waals surface area contributed by atoms with Gasteiger partial charge in [0.2, 0.25) is 0 Å². The molecule has 2 fully saturated rings. The highest BCUT2D eigenvalue weighted by Gasteiger charge is 2.54. The monoisotopic (exact) mass is 319 g/mol. The molecule has 2 heterocycles. The third kappa shape index (κ3) is 2.89. The van der Waals surface area contributed by atoms with E-state index >= 15 is 0 Å². The molecule has 3 rings (SSSR count). The zero-order valence-corrected chi connectivity index (χ0v) is 12.8. The lowest BCUT2D eigenvalue weighted by molar-refractivity contribution is 0.0594. The van der Waals surface area contributed by atoms with Crippen LogP contribution in [0.5, 0.6) is 0 Å². The number of amides is 2. The maximum absolute atomic E-state index is 12.4. The molecule has 8 heteroatoms. The third-order valence-electron chi connectivity index (χ3n) is 4.19. The minimum absolute atomic E-state index is 0.0140. The van der Waals surface area contributed by atoms with E-state index in [1.165, 1.54) is 26.3 Å². The van der Waals surface area contributed by atoms with E-state index in [1.807, 2.05) is 0 Å². The smallest absolute Gasteiger partial charge is 0.356 e. The Morgan fingerprint density at radius 2 is 1.83 bits per heavy atom. The standard InChI is InChI=1S/C15H17N3O5/c1-16-14(20)10-3-7(4-11(17-10)15(21)22-2)13(19)18-12-8-5-23-6-9(8)12/h3-4,8-9,12H,5-6H2,1-2H3,(H,16,20)(H,18,19). The van der Waals surface area contributed by atoms with Gasteiger partial charge in [0.25, 0.3) is 11.8 Å². The highest BCUT2D eigenvalue weighted by molar-refractivity contribution is 6.01. The molecule has 1 aromatic rings. The fourth-order valence-electron chi connectivity index (χ4n) is 2.80. The van der Waals surface area contributed by atoms with Gasteiger partial charge < -0.3 is 20.1 Å². The van der Waals surface area contributed by atoms with Gasteiger partial charge in [-0.1, -0.05) is 0 Å². The van der Waals surface area contributed by atoms with Crippen LogP contribution < -0.4 is 10.6 Å². The van der Waals surface area contributed by atoms with Crippen LogP contribution in [0, 0.1) is 11.8 Å². The molecule has 2 atom stereocenters. The number of fused-ring (bicyclic) bond motifs is 1. The zero-order valence-electron chi connectivity index (χ0n) is 12.8. The molecule has 1 saturated heterocycles. The molecular weight excluding hydrogens is 302 g/mol. The number of carbonyl (C=O) groups excluding carboxylic acids is 3. The molecule has 1 aliphatic carbocycles. The fourth-order valence-corrected chi connectivity index (χ4v) is 2.80. The topological polar surface area (TPSA) is 107 Å². The van der Waals surface area contributed by atoms with Gasteiger partial charge in [-0.05, 0) is 12.1 Å². The van der Waals surface area contributed by atoms with Gasteiger partial charge in [-0.15, -0.1) is 0 Å². The summed E-state index contributed by atoms with van der Waals surface area (Å²) in [4.78, 5) is 39.8. The van der Waals surface area contributed by atoms with Crippen molar-refractivity contribution in [2.45, 2.75) is 6.04 Å². The second kappa shape index (κ2) is 5.96. The second-order valence-corrected chi connectivity index (χ2v) is 5.56. The van der Waals surface area contributed by atoms with Crippen LogP contribution >= 0.6 is 0 Å². The van der Waals surface area contributed by atoms with E-state index in [-0.39, 0.29) is 28.9 Å². The van der Waals surface area contributed by atoms with Crippen LogP contribution in [0.15, 0.2) is 12.1 Å². The number of carbonyl (C=O) groups is 3. The first-order valence-corrected chi connectivity index (χ1v) is 7.26. The number of esters is 1. The quantitative estimate of drug-likeness (QED) is 0.732. The van der Waals surface area contributed by atoms with Crippen molar-refractivity contribution in [2.75, 3.05) is 27.4 Å². The summed E-state index contributed by atoms with van der Waals surface area (Å²) in [5.74, 6) is -0.816. The summed E-state index contributed by atoms with van der Waals surface area (Å²) in [6.07, 6.45) is 0. The number of hydrogen-bond donors (Lipinski definition) is 2. The number of nitrogens with zero attached hydrogens (tertiary/aromatic N) is 1. The van der Waals surface area contributed by atoms with E-state index in [0.29, 0.717) is 25.0 Å². The van der Waals surface area contributed by atoms with Crippen LogP contribution in [-0.4, -0.2) is 56.2 Å². The molecule has 1 saturated carbocycles. The SMILES string of the molecule is CNC(=O)c1cc(C(=O)NC2C3COCC32)cc(C(=O)OC)n1. The Kier molecular flexibility index (Phi) is 3.99. The van der Waals surface area contributed by atoms with Crippen molar-refractivity contribution in [1.82, 2.24) is 15.6 Å². The average Bonchev–Trinajstić information content (AvgIpc) is 2.99. The Morgan fingerprint density at radius 3 is 2.43 bits per heavy atom. The van der Waals surface area contributed by atoms with Gasteiger partial charge in [-0.2, -0.15) is 0 Å². The Labute approximate surface area is 132 Å². The summed E-state index contributed by atoms with van der Waals surface area (Å²) >= 11 is 0. The van der Waals surface area contributed by atoms with Crippen LogP contribution in [-0.2, 0) is 9.47 Å². The fraction of sp³-hybridized carbons (Fsp3) is 0.467. The van der Waals surface area contributed by atoms with Crippen molar-refractivity contribution in [2.24, 2.45) is 11.8 Å². The number of ether oxygens (including phenoxy) is 2. The van der Waals surface area contributed by atoms with E-state index in [9.17, 15) is 14.4 Å². The van der Waals surface area contributed by atoms with Gasteiger partial charge in [-0.25, -0.2) is 9.78 Å². The molecule has 0 radical (unpaired) electrons. The van der Waals surface area contributed by atoms with Crippen LogP contribution in [0.25, 0.3) is 0 Å². The van der Waals surface area contributed by atoms with Crippen LogP contribution in [0.1, 0.15) is 31.3 Å². The van der Waals surface area contributed by atoms with Crippen molar-refractivity contribution in [1.29, 1.82) is 0 Å². The molecule has 0 bridgehead atoms. The lowest BCUT2D eigenvalue weighted by atomic mass is 10.1. The maximum Gasteiger partial charge on any atom is 0.356 e. The Balaban J connectivity index is 1.83. The van der Waals surface area contributed by atoms with Crippen LogP contribution in [0.3, 0.4) is 0 Å². The number of aromatic nitrogens is 1. The van der Waals surface area contributed by atoms with Gasteiger partial charge in [0.15, 0.2) is 0 Å². The van der Waals surface area contributed by atoms with Gasteiger partial charge >= 0.3 is 5.97 Å². The van der Waals surface area contributed by atoms with Crippen molar-refractivity contribution in [3.8, 4) is 0 Å². The largest absolute Gasteiger partial charge is 0.464 e. The van der Waals surface area contributed by atoms with E-state index in [2.05, 4.69) is 20.4 Å². The van der Waals surface area contributed by atoms with Gasteiger partial charge in [0, 0.05) is 30.5 Å². The molecule has 1 aromatic heterocycles. The van der Waals surface area contributed by atoms with Gasteiger partial charge in [-0.3, -0.25) is 9.59 Å². The minimum Gasteiger partial charge on any atom is -0.464 e. The lowest BCUT2D eigenvalue weighted by Crippen LogP contribution is -2.31. The highest BCUT2D eigenvalue weighted by atomic mass is 16.5. The van der Waals surface area contributed by atoms with E-state index in [1.54, 1.807) is 0 Å². The van der Waals surface area contributed by atoms with E-state index in [4.69, 9.17) is 4.74 Å². The predicted molar refractivity (Wildman–Crippen MR) is 78.0 cm³/mol. The zero-order chi connectivity index (χ0) is 16.6. The van der Waals surface area contributed by atoms with Crippen molar-refractivity contribution in [3.63, 3.8) is 0 Å². The van der Waals surface area contributed by atoms with Gasteiger partial charge in [0.1, 0.15) is 11.4 Å². The first-order valence-electron chi connectivity index (χ1n) is 7.26. The number of pyridine rings is 1. The third-order valence-corrected chi connectivity index (χ3v) is 4.19. The average molecular weight is 319 g/mol. The molecule has 2 N–H and O–H groups in total. The molecule has 2 amide bonds. The molecule has 122 valence electrons. The highest BCUT2D eigenvalue weighted by Crippen LogP contribution is 2.44. The molecule has 2 unspecified atom stereocenters. The summed E-state index contributed by atoms with van der Waals surface area (Å²) < 4.78 is 9.89.